The van der Waals surface area contributed by atoms with Crippen LogP contribution in [0.1, 0.15) is 5.56 Å². The number of fused-ring (bicyclic) bond motifs is 2. The predicted molar refractivity (Wildman–Crippen MR) is 108 cm³/mol. The zero-order chi connectivity index (χ0) is 18.1. The molecule has 0 aliphatic heterocycles. The molecular weight excluding hydrogens is 334 g/mol. The number of anilines is 1. The highest BCUT2D eigenvalue weighted by atomic mass is 15.0. The van der Waals surface area contributed by atoms with Gasteiger partial charge >= 0.3 is 0 Å². The number of para-hydroxylation sites is 1. The van der Waals surface area contributed by atoms with Gasteiger partial charge in [0.15, 0.2) is 0 Å². The van der Waals surface area contributed by atoms with E-state index in [2.05, 4.69) is 44.5 Å². The molecule has 5 heteroatoms. The second-order valence-electron chi connectivity index (χ2n) is 6.40. The van der Waals surface area contributed by atoms with Crippen LogP contribution in [0.3, 0.4) is 0 Å². The fourth-order valence-corrected chi connectivity index (χ4v) is 3.25. The molecule has 0 atom stereocenters. The van der Waals surface area contributed by atoms with Crippen molar-refractivity contribution in [2.45, 2.75) is 6.54 Å². The molecular formula is C22H17N5. The SMILES string of the molecule is c1cncc(CNc2cc(-c3ccc4ccccc4n3)c3cc[nH]c3n2)c1. The molecule has 0 saturated carbocycles. The maximum Gasteiger partial charge on any atom is 0.140 e. The number of benzene rings is 1. The van der Waals surface area contributed by atoms with Gasteiger partial charge in [-0.2, -0.15) is 0 Å². The Morgan fingerprint density at radius 2 is 1.89 bits per heavy atom. The molecule has 0 unspecified atom stereocenters. The van der Waals surface area contributed by atoms with E-state index in [1.54, 1.807) is 6.20 Å². The maximum absolute atomic E-state index is 4.86. The van der Waals surface area contributed by atoms with Gasteiger partial charge in [0.2, 0.25) is 0 Å². The number of nitrogens with zero attached hydrogens (tertiary/aromatic N) is 3. The minimum absolute atomic E-state index is 0.664. The van der Waals surface area contributed by atoms with E-state index in [4.69, 9.17) is 4.98 Å². The van der Waals surface area contributed by atoms with Crippen LogP contribution in [0.25, 0.3) is 33.2 Å². The van der Waals surface area contributed by atoms with Crippen molar-refractivity contribution in [1.82, 2.24) is 19.9 Å². The third-order valence-electron chi connectivity index (χ3n) is 4.60. The van der Waals surface area contributed by atoms with Crippen LogP contribution in [-0.4, -0.2) is 19.9 Å². The lowest BCUT2D eigenvalue weighted by atomic mass is 10.1. The quantitative estimate of drug-likeness (QED) is 0.489. The molecule has 0 saturated heterocycles. The van der Waals surface area contributed by atoms with E-state index in [1.165, 1.54) is 0 Å². The summed E-state index contributed by atoms with van der Waals surface area (Å²) in [4.78, 5) is 16.9. The number of nitrogens with one attached hydrogen (secondary N) is 2. The van der Waals surface area contributed by atoms with Crippen LogP contribution >= 0.6 is 0 Å². The van der Waals surface area contributed by atoms with Crippen molar-refractivity contribution < 1.29 is 0 Å². The van der Waals surface area contributed by atoms with Gasteiger partial charge in [-0.25, -0.2) is 9.97 Å². The average molecular weight is 351 g/mol. The first-order valence-electron chi connectivity index (χ1n) is 8.84. The van der Waals surface area contributed by atoms with Gasteiger partial charge in [0, 0.05) is 41.5 Å². The highest BCUT2D eigenvalue weighted by Crippen LogP contribution is 2.30. The molecule has 0 spiro atoms. The van der Waals surface area contributed by atoms with Crippen LogP contribution in [0.5, 0.6) is 0 Å². The van der Waals surface area contributed by atoms with Gasteiger partial charge in [0.25, 0.3) is 0 Å². The average Bonchev–Trinajstić information content (AvgIpc) is 3.21. The number of hydrogen-bond acceptors (Lipinski definition) is 4. The number of H-pyrrole nitrogens is 1. The third-order valence-corrected chi connectivity index (χ3v) is 4.60. The summed E-state index contributed by atoms with van der Waals surface area (Å²) in [5.74, 6) is 0.804. The fourth-order valence-electron chi connectivity index (χ4n) is 3.25. The summed E-state index contributed by atoms with van der Waals surface area (Å²) in [5.41, 5.74) is 4.93. The fraction of sp³-hybridized carbons (Fsp3) is 0.0455. The maximum atomic E-state index is 4.86. The zero-order valence-electron chi connectivity index (χ0n) is 14.6. The lowest BCUT2D eigenvalue weighted by Gasteiger charge is -2.10. The molecule has 2 N–H and O–H groups in total. The summed E-state index contributed by atoms with van der Waals surface area (Å²) in [6.45, 7) is 0.664. The first-order chi connectivity index (χ1) is 13.4. The van der Waals surface area contributed by atoms with Gasteiger partial charge in [-0.05, 0) is 35.9 Å². The largest absolute Gasteiger partial charge is 0.366 e. The first kappa shape index (κ1) is 15.5. The summed E-state index contributed by atoms with van der Waals surface area (Å²) in [7, 11) is 0. The van der Waals surface area contributed by atoms with E-state index in [-0.39, 0.29) is 0 Å². The van der Waals surface area contributed by atoms with Crippen LogP contribution in [0.4, 0.5) is 5.82 Å². The Labute approximate surface area is 156 Å². The van der Waals surface area contributed by atoms with E-state index in [1.807, 2.05) is 48.8 Å². The molecule has 5 aromatic rings. The molecule has 4 heterocycles. The van der Waals surface area contributed by atoms with Gasteiger partial charge in [0.1, 0.15) is 11.5 Å². The summed E-state index contributed by atoms with van der Waals surface area (Å²) in [6, 6.07) is 20.4. The monoisotopic (exact) mass is 351 g/mol. The van der Waals surface area contributed by atoms with E-state index in [0.717, 1.165) is 44.6 Å². The van der Waals surface area contributed by atoms with Crippen molar-refractivity contribution in [3.05, 3.63) is 84.8 Å². The highest BCUT2D eigenvalue weighted by Gasteiger charge is 2.11. The molecule has 0 amide bonds. The standard InChI is InChI=1S/C22H17N5/c1-2-6-19-16(5-1)7-8-20(26-19)18-12-21(27-22-17(18)9-11-24-22)25-14-15-4-3-10-23-13-15/h1-13H,14H2,(H2,24,25,27). The Morgan fingerprint density at radius 1 is 0.926 bits per heavy atom. The lowest BCUT2D eigenvalue weighted by molar-refractivity contribution is 1.09. The van der Waals surface area contributed by atoms with Gasteiger partial charge < -0.3 is 10.3 Å². The summed E-state index contributed by atoms with van der Waals surface area (Å²) in [6.07, 6.45) is 5.54. The van der Waals surface area contributed by atoms with Crippen molar-refractivity contribution in [2.75, 3.05) is 5.32 Å². The number of aromatic amines is 1. The van der Waals surface area contributed by atoms with Crippen molar-refractivity contribution >= 4 is 27.8 Å². The van der Waals surface area contributed by atoms with Gasteiger partial charge in [-0.3, -0.25) is 4.98 Å². The Bertz CT molecular complexity index is 1230. The molecule has 4 aromatic heterocycles. The highest BCUT2D eigenvalue weighted by molar-refractivity contribution is 5.95. The van der Waals surface area contributed by atoms with Crippen molar-refractivity contribution in [3.8, 4) is 11.3 Å². The number of pyridine rings is 3. The topological polar surface area (TPSA) is 66.5 Å². The van der Waals surface area contributed by atoms with E-state index in [9.17, 15) is 0 Å². The molecule has 5 rings (SSSR count). The molecule has 0 bridgehead atoms. The number of aromatic nitrogens is 4. The third kappa shape index (κ3) is 3.00. The molecule has 0 fully saturated rings. The molecule has 0 aliphatic rings. The second-order valence-corrected chi connectivity index (χ2v) is 6.40. The van der Waals surface area contributed by atoms with E-state index in [0.29, 0.717) is 6.54 Å². The van der Waals surface area contributed by atoms with Crippen LogP contribution in [0.2, 0.25) is 0 Å². The molecule has 0 aliphatic carbocycles. The van der Waals surface area contributed by atoms with Crippen LogP contribution in [0.15, 0.2) is 79.3 Å². The normalized spacial score (nSPS) is 11.1. The predicted octanol–water partition coefficient (Wildman–Crippen LogP) is 4.79. The summed E-state index contributed by atoms with van der Waals surface area (Å²) < 4.78 is 0. The first-order valence-corrected chi connectivity index (χ1v) is 8.84. The molecule has 0 radical (unpaired) electrons. The number of rotatable bonds is 4. The molecule has 130 valence electrons. The Balaban J connectivity index is 1.57. The van der Waals surface area contributed by atoms with Gasteiger partial charge in [-0.15, -0.1) is 0 Å². The van der Waals surface area contributed by atoms with E-state index < -0.39 is 0 Å². The minimum atomic E-state index is 0.664. The Morgan fingerprint density at radius 3 is 2.81 bits per heavy atom. The Hall–Kier alpha value is -3.73. The van der Waals surface area contributed by atoms with Crippen LogP contribution < -0.4 is 5.32 Å². The van der Waals surface area contributed by atoms with Crippen LogP contribution in [-0.2, 0) is 6.54 Å². The van der Waals surface area contributed by atoms with Gasteiger partial charge in [0.05, 0.1) is 11.2 Å². The molecule has 27 heavy (non-hydrogen) atoms. The summed E-state index contributed by atoms with van der Waals surface area (Å²) >= 11 is 0. The molecule has 1 aromatic carbocycles. The number of hydrogen-bond donors (Lipinski definition) is 2. The zero-order valence-corrected chi connectivity index (χ0v) is 14.6. The molecule has 5 nitrogen and oxygen atoms in total. The van der Waals surface area contributed by atoms with Gasteiger partial charge in [-0.1, -0.05) is 30.3 Å². The minimum Gasteiger partial charge on any atom is -0.366 e. The van der Waals surface area contributed by atoms with E-state index >= 15 is 0 Å². The second kappa shape index (κ2) is 6.53. The Kier molecular flexibility index (Phi) is 3.76. The van der Waals surface area contributed by atoms with Crippen LogP contribution in [0, 0.1) is 0 Å². The van der Waals surface area contributed by atoms with Crippen molar-refractivity contribution in [3.63, 3.8) is 0 Å². The smallest absolute Gasteiger partial charge is 0.140 e. The lowest BCUT2D eigenvalue weighted by Crippen LogP contribution is -2.02. The summed E-state index contributed by atoms with van der Waals surface area (Å²) in [5, 5.41) is 5.59. The van der Waals surface area contributed by atoms with Crippen molar-refractivity contribution in [1.29, 1.82) is 0 Å². The van der Waals surface area contributed by atoms with Crippen molar-refractivity contribution in [2.24, 2.45) is 0 Å².